The predicted octanol–water partition coefficient (Wildman–Crippen LogP) is 2.71. The number of nitriles is 1. The molecule has 0 aliphatic carbocycles. The maximum atomic E-state index is 12.6. The van der Waals surface area contributed by atoms with Crippen LogP contribution >= 0.6 is 0 Å². The molecule has 0 saturated heterocycles. The van der Waals surface area contributed by atoms with Gasteiger partial charge in [0.2, 0.25) is 0 Å². The number of carbonyl (C=O) groups excluding carboxylic acids is 1. The number of hydrogen-bond acceptors (Lipinski definition) is 2. The first-order valence-corrected chi connectivity index (χ1v) is 5.95. The zero-order valence-corrected chi connectivity index (χ0v) is 10.6. The summed E-state index contributed by atoms with van der Waals surface area (Å²) in [7, 11) is 0. The number of aromatic nitrogens is 1. The summed E-state index contributed by atoms with van der Waals surface area (Å²) in [6, 6.07) is 4.58. The average Bonchev–Trinajstić information content (AvgIpc) is 2.84. The number of nitrogens with zero attached hydrogens (tertiary/aromatic N) is 2. The SMILES string of the molecule is CCCCNC(=O)/C(C#N)=C/c1cccn1C(F)F. The first-order chi connectivity index (χ1) is 9.10. The average molecular weight is 267 g/mol. The van der Waals surface area contributed by atoms with E-state index in [-0.39, 0.29) is 11.3 Å². The fourth-order valence-electron chi connectivity index (χ4n) is 1.48. The molecule has 1 rings (SSSR count). The van der Waals surface area contributed by atoms with Gasteiger partial charge in [-0.3, -0.25) is 9.36 Å². The topological polar surface area (TPSA) is 57.8 Å². The van der Waals surface area contributed by atoms with Crippen molar-refractivity contribution in [2.75, 3.05) is 6.54 Å². The van der Waals surface area contributed by atoms with Crippen molar-refractivity contribution >= 4 is 12.0 Å². The Balaban J connectivity index is 2.84. The van der Waals surface area contributed by atoms with Crippen LogP contribution in [0.5, 0.6) is 0 Å². The lowest BCUT2D eigenvalue weighted by Gasteiger charge is -2.05. The molecular formula is C13H15F2N3O. The standard InChI is InChI=1S/C13H15F2N3O/c1-2-3-6-17-12(19)10(9-16)8-11-5-4-7-18(11)13(14)15/h4-5,7-8,13H,2-3,6H2,1H3,(H,17,19)/b10-8+. The number of rotatable bonds is 6. The number of hydrogen-bond donors (Lipinski definition) is 1. The van der Waals surface area contributed by atoms with Crippen LogP contribution in [0.4, 0.5) is 8.78 Å². The van der Waals surface area contributed by atoms with Gasteiger partial charge >= 0.3 is 6.55 Å². The van der Waals surface area contributed by atoms with Crippen molar-refractivity contribution in [2.45, 2.75) is 26.3 Å². The molecule has 1 aromatic heterocycles. The Kier molecular flexibility index (Phi) is 5.73. The largest absolute Gasteiger partial charge is 0.351 e. The fourth-order valence-corrected chi connectivity index (χ4v) is 1.48. The summed E-state index contributed by atoms with van der Waals surface area (Å²) >= 11 is 0. The molecule has 0 fully saturated rings. The maximum Gasteiger partial charge on any atom is 0.318 e. The van der Waals surface area contributed by atoms with Crippen molar-refractivity contribution < 1.29 is 13.6 Å². The number of unbranched alkanes of at least 4 members (excludes halogenated alkanes) is 1. The highest BCUT2D eigenvalue weighted by molar-refractivity contribution is 6.01. The number of nitrogens with one attached hydrogen (secondary N) is 1. The van der Waals surface area contributed by atoms with Crippen molar-refractivity contribution in [3.63, 3.8) is 0 Å². The molecule has 0 bridgehead atoms. The minimum atomic E-state index is -2.70. The highest BCUT2D eigenvalue weighted by Gasteiger charge is 2.12. The van der Waals surface area contributed by atoms with E-state index in [1.165, 1.54) is 18.3 Å². The number of carbonyl (C=O) groups is 1. The Bertz CT molecular complexity index is 500. The highest BCUT2D eigenvalue weighted by Crippen LogP contribution is 2.17. The molecule has 1 heterocycles. The summed E-state index contributed by atoms with van der Waals surface area (Å²) in [6.07, 6.45) is 4.08. The Morgan fingerprint density at radius 1 is 1.63 bits per heavy atom. The predicted molar refractivity (Wildman–Crippen MR) is 67.2 cm³/mol. The van der Waals surface area contributed by atoms with Crippen molar-refractivity contribution in [3.05, 3.63) is 29.6 Å². The van der Waals surface area contributed by atoms with Gasteiger partial charge in [-0.2, -0.15) is 14.0 Å². The Labute approximate surface area is 110 Å². The van der Waals surface area contributed by atoms with Gasteiger partial charge in [-0.1, -0.05) is 13.3 Å². The summed E-state index contributed by atoms with van der Waals surface area (Å²) in [6.45, 7) is -0.267. The monoisotopic (exact) mass is 267 g/mol. The molecule has 4 nitrogen and oxygen atoms in total. The maximum absolute atomic E-state index is 12.6. The highest BCUT2D eigenvalue weighted by atomic mass is 19.3. The van der Waals surface area contributed by atoms with Crippen LogP contribution in [0, 0.1) is 11.3 Å². The van der Waals surface area contributed by atoms with E-state index in [0.717, 1.165) is 18.9 Å². The molecule has 1 N–H and O–H groups in total. The molecular weight excluding hydrogens is 252 g/mol. The zero-order valence-electron chi connectivity index (χ0n) is 10.6. The molecule has 19 heavy (non-hydrogen) atoms. The molecule has 0 aliphatic heterocycles. The third kappa shape index (κ3) is 4.21. The van der Waals surface area contributed by atoms with Gasteiger partial charge in [0.15, 0.2) is 0 Å². The Hall–Kier alpha value is -2.16. The molecule has 0 atom stereocenters. The third-order valence-electron chi connectivity index (χ3n) is 2.50. The van der Waals surface area contributed by atoms with Crippen molar-refractivity contribution in [3.8, 4) is 6.07 Å². The van der Waals surface area contributed by atoms with E-state index in [0.29, 0.717) is 11.1 Å². The van der Waals surface area contributed by atoms with E-state index in [1.807, 2.05) is 6.92 Å². The van der Waals surface area contributed by atoms with Crippen molar-refractivity contribution in [1.29, 1.82) is 5.26 Å². The first kappa shape index (κ1) is 14.9. The summed E-state index contributed by atoms with van der Waals surface area (Å²) in [5.74, 6) is -0.544. The van der Waals surface area contributed by atoms with Crippen LogP contribution in [-0.2, 0) is 4.79 Å². The summed E-state index contributed by atoms with van der Waals surface area (Å²) in [5, 5.41) is 11.5. The number of halogens is 2. The molecule has 0 saturated carbocycles. The van der Waals surface area contributed by atoms with Crippen LogP contribution in [0.15, 0.2) is 23.9 Å². The smallest absolute Gasteiger partial charge is 0.318 e. The molecule has 0 aromatic carbocycles. The first-order valence-electron chi connectivity index (χ1n) is 5.95. The quantitative estimate of drug-likeness (QED) is 0.489. The van der Waals surface area contributed by atoms with Crippen LogP contribution in [0.1, 0.15) is 32.0 Å². The molecule has 1 amide bonds. The van der Waals surface area contributed by atoms with Crippen LogP contribution in [0.2, 0.25) is 0 Å². The van der Waals surface area contributed by atoms with Gasteiger partial charge in [-0.05, 0) is 24.6 Å². The minimum absolute atomic E-state index is 0.122. The van der Waals surface area contributed by atoms with Gasteiger partial charge in [0.1, 0.15) is 11.6 Å². The Morgan fingerprint density at radius 2 is 2.37 bits per heavy atom. The molecule has 102 valence electrons. The fraction of sp³-hybridized carbons (Fsp3) is 0.385. The van der Waals surface area contributed by atoms with E-state index in [9.17, 15) is 13.6 Å². The molecule has 0 radical (unpaired) electrons. The van der Waals surface area contributed by atoms with Gasteiger partial charge in [-0.15, -0.1) is 0 Å². The lowest BCUT2D eigenvalue weighted by molar-refractivity contribution is -0.117. The second-order valence-corrected chi connectivity index (χ2v) is 3.90. The minimum Gasteiger partial charge on any atom is -0.351 e. The van der Waals surface area contributed by atoms with Crippen LogP contribution in [0.3, 0.4) is 0 Å². The zero-order chi connectivity index (χ0) is 14.3. The Morgan fingerprint density at radius 3 is 2.95 bits per heavy atom. The van der Waals surface area contributed by atoms with Crippen molar-refractivity contribution in [2.24, 2.45) is 0 Å². The van der Waals surface area contributed by atoms with Gasteiger partial charge < -0.3 is 5.32 Å². The third-order valence-corrected chi connectivity index (χ3v) is 2.50. The van der Waals surface area contributed by atoms with Crippen LogP contribution in [-0.4, -0.2) is 17.0 Å². The van der Waals surface area contributed by atoms with Crippen LogP contribution in [0.25, 0.3) is 6.08 Å². The normalized spacial score (nSPS) is 11.4. The second kappa shape index (κ2) is 7.31. The van der Waals surface area contributed by atoms with Gasteiger partial charge in [0, 0.05) is 18.4 Å². The lowest BCUT2D eigenvalue weighted by atomic mass is 10.2. The molecule has 0 aliphatic rings. The molecule has 1 aromatic rings. The molecule has 0 unspecified atom stereocenters. The molecule has 0 spiro atoms. The van der Waals surface area contributed by atoms with Crippen LogP contribution < -0.4 is 5.32 Å². The van der Waals surface area contributed by atoms with Gasteiger partial charge in [0.25, 0.3) is 5.91 Å². The van der Waals surface area contributed by atoms with Gasteiger partial charge in [-0.25, -0.2) is 0 Å². The summed E-state index contributed by atoms with van der Waals surface area (Å²) < 4.78 is 25.9. The van der Waals surface area contributed by atoms with Gasteiger partial charge in [0.05, 0.1) is 0 Å². The van der Waals surface area contributed by atoms with E-state index < -0.39 is 12.5 Å². The van der Waals surface area contributed by atoms with E-state index in [1.54, 1.807) is 6.07 Å². The number of amides is 1. The molecule has 6 heteroatoms. The van der Waals surface area contributed by atoms with Crippen molar-refractivity contribution in [1.82, 2.24) is 9.88 Å². The van der Waals surface area contributed by atoms with E-state index in [4.69, 9.17) is 5.26 Å². The summed E-state index contributed by atoms with van der Waals surface area (Å²) in [5.41, 5.74) is -0.0612. The van der Waals surface area contributed by atoms with E-state index in [2.05, 4.69) is 5.32 Å². The summed E-state index contributed by atoms with van der Waals surface area (Å²) in [4.78, 5) is 11.7. The lowest BCUT2D eigenvalue weighted by Crippen LogP contribution is -2.25. The number of alkyl halides is 2. The second-order valence-electron chi connectivity index (χ2n) is 3.90. The van der Waals surface area contributed by atoms with E-state index >= 15 is 0 Å².